The molecule has 0 atom stereocenters. The molecule has 0 fully saturated rings. The van der Waals surface area contributed by atoms with Crippen molar-refractivity contribution in [2.45, 2.75) is 12.8 Å². The average molecular weight is 352 g/mol. The molecule has 0 spiro atoms. The molecule has 0 heterocycles. The van der Waals surface area contributed by atoms with Gasteiger partial charge in [-0.3, -0.25) is 0 Å². The van der Waals surface area contributed by atoms with Gasteiger partial charge in [-0.1, -0.05) is 0 Å². The molecule has 5 heteroatoms. The number of hydrogen-bond donors (Lipinski definition) is 1. The molecule has 0 bridgehead atoms. The van der Waals surface area contributed by atoms with Gasteiger partial charge in [-0.05, 0) is 0 Å². The van der Waals surface area contributed by atoms with Crippen LogP contribution in [0.3, 0.4) is 0 Å². The van der Waals surface area contributed by atoms with Crippen molar-refractivity contribution in [3.8, 4) is 0 Å². The summed E-state index contributed by atoms with van der Waals surface area (Å²) >= 11 is -0.594. The van der Waals surface area contributed by atoms with Crippen LogP contribution in [-0.4, -0.2) is 18.3 Å². The van der Waals surface area contributed by atoms with E-state index in [0.29, 0.717) is 6.61 Å². The van der Waals surface area contributed by atoms with E-state index in [2.05, 4.69) is 30.4 Å². The Bertz CT molecular complexity index is 360. The average Bonchev–Trinajstić information content (AvgIpc) is 2.87. The maximum absolute atomic E-state index is 8.72. The Balaban J connectivity index is 0.00000128. The second-order valence-corrected chi connectivity index (χ2v) is 7.15. The summed E-state index contributed by atoms with van der Waals surface area (Å²) in [5.74, 6) is 1.03. The van der Waals surface area contributed by atoms with Crippen LogP contribution in [0.2, 0.25) is 0 Å². The molecule has 0 radical (unpaired) electrons. The van der Waals surface area contributed by atoms with Crippen molar-refractivity contribution < 1.29 is 57.9 Å². The third-order valence-corrected chi connectivity index (χ3v) is 5.87. The number of rotatable bonds is 5. The minimum atomic E-state index is -0.594. The van der Waals surface area contributed by atoms with Gasteiger partial charge in [-0.15, -0.1) is 0 Å². The van der Waals surface area contributed by atoms with E-state index in [1.165, 1.54) is 3.28 Å². The topological polar surface area (TPSA) is 29.5 Å². The van der Waals surface area contributed by atoms with Crippen LogP contribution < -0.4 is 24.8 Å². The molecule has 0 aromatic heterocycles. The Morgan fingerprint density at radius 2 is 2.06 bits per heavy atom. The minimum Gasteiger partial charge on any atom is -1.00 e. The summed E-state index contributed by atoms with van der Waals surface area (Å²) in [6.45, 7) is 0.514. The van der Waals surface area contributed by atoms with Gasteiger partial charge in [0.2, 0.25) is 0 Å². The molecular formula is C12H14Cl2O2Zr. The molecule has 2 aliphatic carbocycles. The van der Waals surface area contributed by atoms with Gasteiger partial charge < -0.3 is 24.8 Å². The summed E-state index contributed by atoms with van der Waals surface area (Å²) in [5.41, 5.74) is 0. The summed E-state index contributed by atoms with van der Waals surface area (Å²) in [5, 5.41) is 8.72. The molecule has 0 saturated heterocycles. The van der Waals surface area contributed by atoms with E-state index in [9.17, 15) is 0 Å². The zero-order valence-electron chi connectivity index (χ0n) is 9.33. The third-order valence-electron chi connectivity index (χ3n) is 2.32. The number of hydrogen-bond acceptors (Lipinski definition) is 2. The van der Waals surface area contributed by atoms with Crippen LogP contribution in [0.4, 0.5) is 0 Å². The van der Waals surface area contributed by atoms with Crippen molar-refractivity contribution in [3.63, 3.8) is 0 Å². The first-order valence-corrected chi connectivity index (χ1v) is 7.62. The molecule has 2 aliphatic rings. The Hall–Kier alpha value is 0.183. The fourth-order valence-corrected chi connectivity index (χ4v) is 4.78. The number of halogens is 2. The standard InChI is InChI=1S/C7H9O2.C5H5.2ClH.Zr/c8-5-6-9-7-3-1-2-4-7;1-2-4-5-3-1;;;/h1,3,8H,2,5-6H2;1-3H,4H2;2*1H;/q;;;;+2/p-2. The molecule has 0 aromatic carbocycles. The van der Waals surface area contributed by atoms with Gasteiger partial charge in [-0.25, -0.2) is 0 Å². The first kappa shape index (κ1) is 17.2. The first-order valence-electron chi connectivity index (χ1n) is 5.16. The van der Waals surface area contributed by atoms with Crippen LogP contribution in [0.15, 0.2) is 42.7 Å². The van der Waals surface area contributed by atoms with Gasteiger partial charge in [0.15, 0.2) is 0 Å². The summed E-state index contributed by atoms with van der Waals surface area (Å²) in [6.07, 6.45) is 13.0. The molecule has 1 N–H and O–H groups in total. The number of aliphatic hydroxyl groups is 1. The van der Waals surface area contributed by atoms with Crippen LogP contribution in [0.5, 0.6) is 0 Å². The van der Waals surface area contributed by atoms with Gasteiger partial charge in [0.05, 0.1) is 0 Å². The molecule has 0 amide bonds. The zero-order valence-corrected chi connectivity index (χ0v) is 13.3. The Labute approximate surface area is 126 Å². The second kappa shape index (κ2) is 9.16. The molecule has 92 valence electrons. The third kappa shape index (κ3) is 5.13. The van der Waals surface area contributed by atoms with Gasteiger partial charge in [0.25, 0.3) is 0 Å². The van der Waals surface area contributed by atoms with Crippen molar-refractivity contribution in [2.75, 3.05) is 13.2 Å². The molecule has 2 nitrogen and oxygen atoms in total. The number of ether oxygens (including phenoxy) is 1. The molecule has 17 heavy (non-hydrogen) atoms. The zero-order chi connectivity index (χ0) is 10.5. The van der Waals surface area contributed by atoms with Crippen LogP contribution in [0.1, 0.15) is 12.8 Å². The van der Waals surface area contributed by atoms with E-state index in [4.69, 9.17) is 9.84 Å². The molecule has 2 rings (SSSR count). The predicted octanol–water partition coefficient (Wildman–Crippen LogP) is -3.90. The molecular weight excluding hydrogens is 338 g/mol. The summed E-state index contributed by atoms with van der Waals surface area (Å²) in [7, 11) is 0. The van der Waals surface area contributed by atoms with E-state index in [-0.39, 0.29) is 31.4 Å². The number of aliphatic hydroxyl groups excluding tert-OH is 1. The molecule has 0 saturated carbocycles. The quantitative estimate of drug-likeness (QED) is 0.548. The fourth-order valence-electron chi connectivity index (χ4n) is 1.62. The fraction of sp³-hybridized carbons (Fsp3) is 0.333. The predicted molar refractivity (Wildman–Crippen MR) is 55.7 cm³/mol. The van der Waals surface area contributed by atoms with E-state index in [1.54, 1.807) is 3.28 Å². The largest absolute Gasteiger partial charge is 1.00 e. The van der Waals surface area contributed by atoms with Crippen LogP contribution in [0.25, 0.3) is 0 Å². The van der Waals surface area contributed by atoms with Gasteiger partial charge >= 0.3 is 102 Å². The van der Waals surface area contributed by atoms with Crippen molar-refractivity contribution >= 4 is 0 Å². The van der Waals surface area contributed by atoms with Gasteiger partial charge in [-0.2, -0.15) is 0 Å². The first-order chi connectivity index (χ1) is 7.40. The molecule has 0 aromatic rings. The van der Waals surface area contributed by atoms with Crippen LogP contribution in [0, 0.1) is 0 Å². The van der Waals surface area contributed by atoms with Gasteiger partial charge in [0.1, 0.15) is 0 Å². The monoisotopic (exact) mass is 350 g/mol. The summed E-state index contributed by atoms with van der Waals surface area (Å²) in [4.78, 5) is 0. The smallest absolute Gasteiger partial charge is 1.00 e. The normalized spacial score (nSPS) is 16.2. The summed E-state index contributed by atoms with van der Waals surface area (Å²) < 4.78 is 8.63. The second-order valence-electron chi connectivity index (χ2n) is 3.47. The number of allylic oxidation sites excluding steroid dienone is 7. The van der Waals surface area contributed by atoms with Gasteiger partial charge in [0, 0.05) is 0 Å². The SMILES string of the molecule is OCCOC1=[C]([Zr+2][C]2=CC=CC2)CC=C1.[Cl-].[Cl-]. The Morgan fingerprint density at radius 1 is 1.24 bits per heavy atom. The van der Waals surface area contributed by atoms with Crippen molar-refractivity contribution in [1.82, 2.24) is 0 Å². The minimum absolute atomic E-state index is 0. The van der Waals surface area contributed by atoms with Crippen molar-refractivity contribution in [1.29, 1.82) is 0 Å². The van der Waals surface area contributed by atoms with E-state index >= 15 is 0 Å². The van der Waals surface area contributed by atoms with E-state index < -0.39 is 23.2 Å². The Morgan fingerprint density at radius 3 is 2.71 bits per heavy atom. The maximum Gasteiger partial charge on any atom is -1.00 e. The van der Waals surface area contributed by atoms with Crippen molar-refractivity contribution in [2.24, 2.45) is 0 Å². The summed E-state index contributed by atoms with van der Waals surface area (Å²) in [6, 6.07) is 0. The maximum atomic E-state index is 8.72. The van der Waals surface area contributed by atoms with E-state index in [1.807, 2.05) is 0 Å². The van der Waals surface area contributed by atoms with Crippen molar-refractivity contribution in [3.05, 3.63) is 42.7 Å². The molecule has 0 unspecified atom stereocenters. The molecule has 0 aliphatic heterocycles. The van der Waals surface area contributed by atoms with Crippen LogP contribution >= 0.6 is 0 Å². The van der Waals surface area contributed by atoms with E-state index in [0.717, 1.165) is 18.6 Å². The Kier molecular flexibility index (Phi) is 9.26. The van der Waals surface area contributed by atoms with Crippen LogP contribution in [-0.2, 0) is 28.0 Å².